The average Bonchev–Trinajstić information content (AvgIpc) is 3.16. The summed E-state index contributed by atoms with van der Waals surface area (Å²) in [5, 5.41) is 10.6. The van der Waals surface area contributed by atoms with E-state index >= 15 is 0 Å². The third-order valence-corrected chi connectivity index (χ3v) is 4.98. The molecule has 2 N–H and O–H groups in total. The summed E-state index contributed by atoms with van der Waals surface area (Å²) in [5.74, 6) is 1.25. The second-order valence-corrected chi connectivity index (χ2v) is 6.88. The summed E-state index contributed by atoms with van der Waals surface area (Å²) in [6.07, 6.45) is 4.43. The zero-order valence-corrected chi connectivity index (χ0v) is 15.6. The predicted molar refractivity (Wildman–Crippen MR) is 104 cm³/mol. The lowest BCUT2D eigenvalue weighted by molar-refractivity contribution is -0.113. The molecule has 2 heterocycles. The molecule has 3 rings (SSSR count). The summed E-state index contributed by atoms with van der Waals surface area (Å²) in [7, 11) is 0. The van der Waals surface area contributed by atoms with E-state index in [1.54, 1.807) is 12.4 Å². The number of para-hydroxylation sites is 1. The third-order valence-electron chi connectivity index (χ3n) is 4.13. The number of nitrogens with one attached hydrogen (secondary N) is 2. The monoisotopic (exact) mass is 367 g/mol. The van der Waals surface area contributed by atoms with Gasteiger partial charge in [-0.2, -0.15) is 0 Å². The molecule has 0 saturated carbocycles. The first-order valence-electron chi connectivity index (χ1n) is 8.51. The Kier molecular flexibility index (Phi) is 6.01. The van der Waals surface area contributed by atoms with Gasteiger partial charge in [-0.3, -0.25) is 14.9 Å². The Hall–Kier alpha value is -2.67. The van der Waals surface area contributed by atoms with Crippen molar-refractivity contribution in [3.8, 4) is 11.4 Å². The maximum Gasteiger partial charge on any atom is 0.234 e. The normalized spacial score (nSPS) is 11.9. The molecule has 1 amide bonds. The highest BCUT2D eigenvalue weighted by molar-refractivity contribution is 7.99. The largest absolute Gasteiger partial charge is 0.325 e. The summed E-state index contributed by atoms with van der Waals surface area (Å²) in [5.41, 5.74) is 2.94. The van der Waals surface area contributed by atoms with Gasteiger partial charge in [-0.05, 0) is 36.1 Å². The van der Waals surface area contributed by atoms with Crippen LogP contribution in [0.25, 0.3) is 11.4 Å². The highest BCUT2D eigenvalue weighted by Crippen LogP contribution is 2.27. The van der Waals surface area contributed by atoms with E-state index in [4.69, 9.17) is 0 Å². The lowest BCUT2D eigenvalue weighted by Gasteiger charge is -2.15. The second-order valence-electron chi connectivity index (χ2n) is 5.94. The molecule has 0 aliphatic carbocycles. The van der Waals surface area contributed by atoms with Crippen LogP contribution in [-0.4, -0.2) is 31.8 Å². The van der Waals surface area contributed by atoms with Gasteiger partial charge in [-0.25, -0.2) is 4.98 Å². The Bertz CT molecular complexity index is 865. The Morgan fingerprint density at radius 1 is 1.23 bits per heavy atom. The van der Waals surface area contributed by atoms with E-state index in [0.717, 1.165) is 23.2 Å². The molecule has 1 aromatic carbocycles. The van der Waals surface area contributed by atoms with Crippen molar-refractivity contribution >= 4 is 23.4 Å². The van der Waals surface area contributed by atoms with E-state index < -0.39 is 0 Å². The van der Waals surface area contributed by atoms with Crippen molar-refractivity contribution in [2.24, 2.45) is 0 Å². The van der Waals surface area contributed by atoms with Crippen molar-refractivity contribution < 1.29 is 4.79 Å². The van der Waals surface area contributed by atoms with Crippen molar-refractivity contribution in [3.63, 3.8) is 0 Å². The number of rotatable bonds is 7. The first-order valence-corrected chi connectivity index (χ1v) is 9.50. The number of benzene rings is 1. The molecule has 0 bridgehead atoms. The number of nitrogens with zero attached hydrogens (tertiary/aromatic N) is 3. The number of thioether (sulfide) groups is 1. The second kappa shape index (κ2) is 8.62. The number of carbonyl (C=O) groups is 1. The average molecular weight is 367 g/mol. The minimum absolute atomic E-state index is 0.0685. The van der Waals surface area contributed by atoms with Crippen LogP contribution in [0.15, 0.2) is 53.9 Å². The van der Waals surface area contributed by atoms with Crippen molar-refractivity contribution in [2.75, 3.05) is 11.1 Å². The van der Waals surface area contributed by atoms with Crippen LogP contribution in [0, 0.1) is 0 Å². The molecule has 0 radical (unpaired) electrons. The topological polar surface area (TPSA) is 83.6 Å². The van der Waals surface area contributed by atoms with Gasteiger partial charge in [0.1, 0.15) is 0 Å². The van der Waals surface area contributed by atoms with Crippen LogP contribution in [0.3, 0.4) is 0 Å². The minimum Gasteiger partial charge on any atom is -0.325 e. The number of carbonyl (C=O) groups excluding carboxylic acids is 1. The van der Waals surface area contributed by atoms with E-state index in [9.17, 15) is 4.79 Å². The standard InChI is InChI=1S/C19H21N5OS/c1-3-13(2)15-6-4-5-7-16(15)21-17(25)12-26-19-22-18(23-24-19)14-8-10-20-11-9-14/h4-11,13H,3,12H2,1-2H3,(H,21,25)(H,22,23,24)/t13-/m1/s1. The number of hydrogen-bond acceptors (Lipinski definition) is 5. The van der Waals surface area contributed by atoms with Crippen LogP contribution >= 0.6 is 11.8 Å². The molecule has 2 aromatic heterocycles. The molecule has 26 heavy (non-hydrogen) atoms. The van der Waals surface area contributed by atoms with Gasteiger partial charge in [0.2, 0.25) is 11.1 Å². The fraction of sp³-hybridized carbons (Fsp3) is 0.263. The van der Waals surface area contributed by atoms with E-state index in [0.29, 0.717) is 16.9 Å². The van der Waals surface area contributed by atoms with Gasteiger partial charge < -0.3 is 5.32 Å². The lowest BCUT2D eigenvalue weighted by atomic mass is 9.97. The minimum atomic E-state index is -0.0685. The summed E-state index contributed by atoms with van der Waals surface area (Å²) < 4.78 is 0. The fourth-order valence-electron chi connectivity index (χ4n) is 2.53. The molecule has 3 aromatic rings. The van der Waals surface area contributed by atoms with Crippen LogP contribution < -0.4 is 5.32 Å². The molecule has 0 saturated heterocycles. The van der Waals surface area contributed by atoms with Gasteiger partial charge in [0.25, 0.3) is 0 Å². The van der Waals surface area contributed by atoms with Gasteiger partial charge in [0.05, 0.1) is 5.75 Å². The quantitative estimate of drug-likeness (QED) is 0.614. The molecular weight excluding hydrogens is 346 g/mol. The molecule has 0 aliphatic heterocycles. The molecule has 7 heteroatoms. The third kappa shape index (κ3) is 4.49. The number of hydrogen-bond donors (Lipinski definition) is 2. The van der Waals surface area contributed by atoms with Crippen LogP contribution in [-0.2, 0) is 4.79 Å². The smallest absolute Gasteiger partial charge is 0.234 e. The Labute approximate surface area is 156 Å². The molecule has 0 unspecified atom stereocenters. The van der Waals surface area contributed by atoms with Gasteiger partial charge in [0.15, 0.2) is 5.82 Å². The Morgan fingerprint density at radius 3 is 2.77 bits per heavy atom. The zero-order valence-electron chi connectivity index (χ0n) is 14.8. The number of aromatic amines is 1. The summed E-state index contributed by atoms with van der Waals surface area (Å²) in [6.45, 7) is 4.30. The van der Waals surface area contributed by atoms with E-state index in [-0.39, 0.29) is 11.7 Å². The van der Waals surface area contributed by atoms with E-state index in [1.807, 2.05) is 30.3 Å². The molecule has 0 spiro atoms. The number of pyridine rings is 1. The molecular formula is C19H21N5OS. The van der Waals surface area contributed by atoms with E-state index in [2.05, 4.69) is 45.4 Å². The Morgan fingerprint density at radius 2 is 2.00 bits per heavy atom. The van der Waals surface area contributed by atoms with Crippen molar-refractivity contribution in [1.29, 1.82) is 0 Å². The number of amides is 1. The first kappa shape index (κ1) is 18.1. The first-order chi connectivity index (χ1) is 12.7. The van der Waals surface area contributed by atoms with Gasteiger partial charge >= 0.3 is 0 Å². The summed E-state index contributed by atoms with van der Waals surface area (Å²) in [6, 6.07) is 11.7. The van der Waals surface area contributed by atoms with E-state index in [1.165, 1.54) is 11.8 Å². The molecule has 6 nitrogen and oxygen atoms in total. The summed E-state index contributed by atoms with van der Waals surface area (Å²) in [4.78, 5) is 20.7. The lowest BCUT2D eigenvalue weighted by Crippen LogP contribution is -2.16. The molecule has 0 fully saturated rings. The number of aromatic nitrogens is 4. The van der Waals surface area contributed by atoms with Crippen molar-refractivity contribution in [2.45, 2.75) is 31.3 Å². The maximum atomic E-state index is 12.3. The predicted octanol–water partition coefficient (Wildman–Crippen LogP) is 4.11. The van der Waals surface area contributed by atoms with Crippen molar-refractivity contribution in [3.05, 3.63) is 54.4 Å². The highest BCUT2D eigenvalue weighted by atomic mass is 32.2. The van der Waals surface area contributed by atoms with Gasteiger partial charge in [-0.1, -0.05) is 43.8 Å². The zero-order chi connectivity index (χ0) is 18.4. The molecule has 1 atom stereocenters. The van der Waals surface area contributed by atoms with Crippen LogP contribution in [0.4, 0.5) is 5.69 Å². The molecule has 0 aliphatic rings. The van der Waals surface area contributed by atoms with Crippen LogP contribution in [0.1, 0.15) is 31.7 Å². The van der Waals surface area contributed by atoms with Gasteiger partial charge in [0, 0.05) is 23.6 Å². The maximum absolute atomic E-state index is 12.3. The van der Waals surface area contributed by atoms with Crippen LogP contribution in [0.2, 0.25) is 0 Å². The van der Waals surface area contributed by atoms with Gasteiger partial charge in [-0.15, -0.1) is 5.10 Å². The Balaban J connectivity index is 1.59. The highest BCUT2D eigenvalue weighted by Gasteiger charge is 2.13. The van der Waals surface area contributed by atoms with Crippen LogP contribution in [0.5, 0.6) is 0 Å². The number of H-pyrrole nitrogens is 1. The molecule has 134 valence electrons. The van der Waals surface area contributed by atoms with Crippen molar-refractivity contribution in [1.82, 2.24) is 20.2 Å². The SMILES string of the molecule is CC[C@@H](C)c1ccccc1NC(=O)CSc1n[nH]c(-c2ccncc2)n1. The fourth-order valence-corrected chi connectivity index (χ4v) is 3.13. The summed E-state index contributed by atoms with van der Waals surface area (Å²) >= 11 is 1.30. The number of anilines is 1.